The smallest absolute Gasteiger partial charge is 0.0873 e. The lowest BCUT2D eigenvalue weighted by atomic mass is 9.93. The van der Waals surface area contributed by atoms with E-state index in [9.17, 15) is 0 Å². The van der Waals surface area contributed by atoms with Crippen LogP contribution in [0.15, 0.2) is 24.3 Å². The minimum atomic E-state index is 0.139. The summed E-state index contributed by atoms with van der Waals surface area (Å²) in [6, 6.07) is 8.17. The van der Waals surface area contributed by atoms with Gasteiger partial charge in [0, 0.05) is 31.1 Å². The van der Waals surface area contributed by atoms with Crippen molar-refractivity contribution in [1.29, 1.82) is 0 Å². The number of nitrogen functional groups attached to an aromatic ring is 1. The van der Waals surface area contributed by atoms with Gasteiger partial charge in [-0.15, -0.1) is 0 Å². The van der Waals surface area contributed by atoms with Crippen LogP contribution in [0.3, 0.4) is 0 Å². The summed E-state index contributed by atoms with van der Waals surface area (Å²) in [5.74, 6) is 0. The Hall–Kier alpha value is -1.22. The lowest BCUT2D eigenvalue weighted by molar-refractivity contribution is -0.0621. The summed E-state index contributed by atoms with van der Waals surface area (Å²) in [6.07, 6.45) is 4.93. The topological polar surface area (TPSA) is 38.5 Å². The average Bonchev–Trinajstić information content (AvgIpc) is 2.75. The van der Waals surface area contributed by atoms with Gasteiger partial charge < -0.3 is 15.4 Å². The molecular weight excluding hydrogens is 212 g/mol. The maximum Gasteiger partial charge on any atom is 0.0873 e. The number of nitrogens with two attached hydrogens (primary N) is 1. The van der Waals surface area contributed by atoms with Crippen LogP contribution in [-0.4, -0.2) is 25.3 Å². The summed E-state index contributed by atoms with van der Waals surface area (Å²) in [5.41, 5.74) is 7.96. The Labute approximate surface area is 103 Å². The van der Waals surface area contributed by atoms with Gasteiger partial charge in [0.25, 0.3) is 0 Å². The molecule has 1 atom stereocenters. The van der Waals surface area contributed by atoms with Gasteiger partial charge in [-0.1, -0.05) is 0 Å². The molecule has 1 spiro atoms. The largest absolute Gasteiger partial charge is 0.399 e. The zero-order valence-corrected chi connectivity index (χ0v) is 10.2. The number of benzene rings is 1. The van der Waals surface area contributed by atoms with Gasteiger partial charge >= 0.3 is 0 Å². The zero-order chi connectivity index (χ0) is 11.7. The first-order chi connectivity index (χ1) is 8.27. The highest BCUT2D eigenvalue weighted by Crippen LogP contribution is 2.36. The van der Waals surface area contributed by atoms with Gasteiger partial charge in [0.1, 0.15) is 0 Å². The van der Waals surface area contributed by atoms with Crippen molar-refractivity contribution < 1.29 is 4.74 Å². The zero-order valence-electron chi connectivity index (χ0n) is 10.2. The molecule has 2 fully saturated rings. The summed E-state index contributed by atoms with van der Waals surface area (Å²) in [5, 5.41) is 0. The van der Waals surface area contributed by atoms with Crippen molar-refractivity contribution in [2.75, 3.05) is 30.3 Å². The van der Waals surface area contributed by atoms with E-state index >= 15 is 0 Å². The van der Waals surface area contributed by atoms with E-state index in [1.807, 2.05) is 12.1 Å². The molecule has 1 aromatic rings. The van der Waals surface area contributed by atoms with Gasteiger partial charge in [-0.3, -0.25) is 0 Å². The molecule has 0 aromatic heterocycles. The molecule has 2 aliphatic heterocycles. The molecule has 2 saturated heterocycles. The normalized spacial score (nSPS) is 28.8. The van der Waals surface area contributed by atoms with Crippen LogP contribution in [-0.2, 0) is 4.74 Å². The molecule has 2 aliphatic rings. The predicted octanol–water partition coefficient (Wildman–Crippen LogP) is 2.42. The lowest BCUT2D eigenvalue weighted by Gasteiger charge is -2.33. The molecule has 3 heteroatoms. The Morgan fingerprint density at radius 1 is 1.12 bits per heavy atom. The molecule has 0 unspecified atom stereocenters. The van der Waals surface area contributed by atoms with E-state index in [4.69, 9.17) is 10.5 Å². The van der Waals surface area contributed by atoms with Crippen LogP contribution < -0.4 is 10.6 Å². The third-order valence-corrected chi connectivity index (χ3v) is 4.01. The second kappa shape index (κ2) is 4.22. The van der Waals surface area contributed by atoms with Crippen LogP contribution >= 0.6 is 0 Å². The molecule has 3 rings (SSSR count). The first-order valence-corrected chi connectivity index (χ1v) is 6.52. The number of rotatable bonds is 1. The Morgan fingerprint density at radius 2 is 1.94 bits per heavy atom. The molecule has 92 valence electrons. The monoisotopic (exact) mass is 232 g/mol. The summed E-state index contributed by atoms with van der Waals surface area (Å²) in [6.45, 7) is 3.08. The first kappa shape index (κ1) is 10.9. The van der Waals surface area contributed by atoms with Gasteiger partial charge in [-0.25, -0.2) is 0 Å². The van der Waals surface area contributed by atoms with E-state index in [1.54, 1.807) is 0 Å². The summed E-state index contributed by atoms with van der Waals surface area (Å²) >= 11 is 0. The molecule has 2 heterocycles. The van der Waals surface area contributed by atoms with Crippen LogP contribution in [0.5, 0.6) is 0 Å². The Bertz CT molecular complexity index is 382. The van der Waals surface area contributed by atoms with E-state index in [0.29, 0.717) is 0 Å². The fourth-order valence-electron chi connectivity index (χ4n) is 2.98. The highest BCUT2D eigenvalue weighted by Gasteiger charge is 2.40. The SMILES string of the molecule is Nc1ccc(N2CC[C@@]3(CCCCO3)C2)cc1. The quantitative estimate of drug-likeness (QED) is 0.756. The molecule has 1 aromatic carbocycles. The first-order valence-electron chi connectivity index (χ1n) is 6.52. The Kier molecular flexibility index (Phi) is 2.71. The predicted molar refractivity (Wildman–Crippen MR) is 70.2 cm³/mol. The van der Waals surface area contributed by atoms with E-state index < -0.39 is 0 Å². The second-order valence-electron chi connectivity index (χ2n) is 5.25. The van der Waals surface area contributed by atoms with Gasteiger partial charge in [0.05, 0.1) is 5.60 Å². The van der Waals surface area contributed by atoms with Gasteiger partial charge in [0.15, 0.2) is 0 Å². The van der Waals surface area contributed by atoms with Crippen molar-refractivity contribution in [1.82, 2.24) is 0 Å². The van der Waals surface area contributed by atoms with Crippen LogP contribution in [0.1, 0.15) is 25.7 Å². The number of nitrogens with zero attached hydrogens (tertiary/aromatic N) is 1. The maximum atomic E-state index is 6.04. The molecule has 17 heavy (non-hydrogen) atoms. The van der Waals surface area contributed by atoms with Crippen molar-refractivity contribution in [2.45, 2.75) is 31.3 Å². The third-order valence-electron chi connectivity index (χ3n) is 4.01. The minimum Gasteiger partial charge on any atom is -0.399 e. The van der Waals surface area contributed by atoms with E-state index in [-0.39, 0.29) is 5.60 Å². The summed E-state index contributed by atoms with van der Waals surface area (Å²) in [7, 11) is 0. The van der Waals surface area contributed by atoms with Gasteiger partial charge in [0.2, 0.25) is 0 Å². The average molecular weight is 232 g/mol. The van der Waals surface area contributed by atoms with Crippen LogP contribution in [0.4, 0.5) is 11.4 Å². The van der Waals surface area contributed by atoms with Crippen LogP contribution in [0.25, 0.3) is 0 Å². The van der Waals surface area contributed by atoms with E-state index in [1.165, 1.54) is 24.9 Å². The molecular formula is C14H20N2O. The number of ether oxygens (including phenoxy) is 1. The van der Waals surface area contributed by atoms with Crippen LogP contribution in [0.2, 0.25) is 0 Å². The molecule has 2 N–H and O–H groups in total. The minimum absolute atomic E-state index is 0.139. The number of hydrogen-bond donors (Lipinski definition) is 1. The fraction of sp³-hybridized carbons (Fsp3) is 0.571. The van der Waals surface area contributed by atoms with Crippen molar-refractivity contribution in [3.05, 3.63) is 24.3 Å². The summed E-state index contributed by atoms with van der Waals surface area (Å²) in [4.78, 5) is 2.42. The molecule has 0 bridgehead atoms. The van der Waals surface area contributed by atoms with Crippen molar-refractivity contribution in [3.8, 4) is 0 Å². The highest BCUT2D eigenvalue weighted by molar-refractivity contribution is 5.54. The van der Waals surface area contributed by atoms with Gasteiger partial charge in [-0.05, 0) is 49.9 Å². The fourth-order valence-corrected chi connectivity index (χ4v) is 2.98. The highest BCUT2D eigenvalue weighted by atomic mass is 16.5. The van der Waals surface area contributed by atoms with Gasteiger partial charge in [-0.2, -0.15) is 0 Å². The lowest BCUT2D eigenvalue weighted by Crippen LogP contribution is -2.39. The Morgan fingerprint density at radius 3 is 2.65 bits per heavy atom. The maximum absolute atomic E-state index is 6.04. The van der Waals surface area contributed by atoms with E-state index in [0.717, 1.165) is 31.8 Å². The third kappa shape index (κ3) is 2.12. The molecule has 0 saturated carbocycles. The molecule has 0 aliphatic carbocycles. The number of hydrogen-bond acceptors (Lipinski definition) is 3. The van der Waals surface area contributed by atoms with Crippen molar-refractivity contribution >= 4 is 11.4 Å². The molecule has 0 amide bonds. The molecule has 0 radical (unpaired) electrons. The summed E-state index contributed by atoms with van der Waals surface area (Å²) < 4.78 is 6.04. The van der Waals surface area contributed by atoms with Crippen molar-refractivity contribution in [3.63, 3.8) is 0 Å². The van der Waals surface area contributed by atoms with E-state index in [2.05, 4.69) is 17.0 Å². The van der Waals surface area contributed by atoms with Crippen molar-refractivity contribution in [2.24, 2.45) is 0 Å². The Balaban J connectivity index is 1.72. The number of anilines is 2. The standard InChI is InChI=1S/C14H20N2O/c15-12-3-5-13(6-4-12)16-9-8-14(11-16)7-1-2-10-17-14/h3-6H,1-2,7-11,15H2/t14-/m0/s1. The molecule has 3 nitrogen and oxygen atoms in total. The van der Waals surface area contributed by atoms with Crippen LogP contribution in [0, 0.1) is 0 Å². The second-order valence-corrected chi connectivity index (χ2v) is 5.25.